The lowest BCUT2D eigenvalue weighted by Gasteiger charge is -2.31. The lowest BCUT2D eigenvalue weighted by Crippen LogP contribution is -2.37. The molecule has 0 radical (unpaired) electrons. The number of benzene rings is 1. The van der Waals surface area contributed by atoms with Crippen LogP contribution in [-0.4, -0.2) is 34.4 Å². The number of hydrogen-bond acceptors (Lipinski definition) is 6. The molecule has 0 saturated carbocycles. The van der Waals surface area contributed by atoms with E-state index in [2.05, 4.69) is 10.3 Å². The zero-order valence-electron chi connectivity index (χ0n) is 12.1. The van der Waals surface area contributed by atoms with Crippen molar-refractivity contribution in [1.29, 1.82) is 0 Å². The second-order valence-electron chi connectivity index (χ2n) is 5.00. The molecule has 7 heteroatoms. The van der Waals surface area contributed by atoms with Crippen molar-refractivity contribution >= 4 is 11.9 Å². The van der Waals surface area contributed by atoms with E-state index >= 15 is 0 Å². The van der Waals surface area contributed by atoms with Crippen molar-refractivity contribution < 1.29 is 9.94 Å². The monoisotopic (exact) mass is 300 g/mol. The second-order valence-corrected chi connectivity index (χ2v) is 5.00. The fraction of sp³-hybridized carbons (Fsp3) is 0.267. The van der Waals surface area contributed by atoms with E-state index in [0.29, 0.717) is 31.3 Å². The molecule has 0 fully saturated rings. The molecule has 0 aliphatic carbocycles. The van der Waals surface area contributed by atoms with Crippen LogP contribution in [0.5, 0.6) is 5.88 Å². The molecule has 0 atom stereocenters. The number of anilines is 1. The summed E-state index contributed by atoms with van der Waals surface area (Å²) >= 11 is 0. The lowest BCUT2D eigenvalue weighted by molar-refractivity contribution is 0.285. The van der Waals surface area contributed by atoms with Gasteiger partial charge in [0.1, 0.15) is 12.3 Å². The molecule has 0 unspecified atom stereocenters. The summed E-state index contributed by atoms with van der Waals surface area (Å²) in [7, 11) is 1.54. The average Bonchev–Trinajstić information content (AvgIpc) is 2.53. The number of nitrogens with zero attached hydrogens (tertiary/aromatic N) is 4. The van der Waals surface area contributed by atoms with Gasteiger partial charge in [-0.25, -0.2) is 4.68 Å². The van der Waals surface area contributed by atoms with Crippen molar-refractivity contribution in [2.75, 3.05) is 18.1 Å². The molecule has 1 aliphatic rings. The molecule has 2 aromatic rings. The Bertz CT molecular complexity index is 755. The predicted molar refractivity (Wildman–Crippen MR) is 81.8 cm³/mol. The average molecular weight is 300 g/mol. The van der Waals surface area contributed by atoms with Gasteiger partial charge in [-0.1, -0.05) is 35.5 Å². The molecule has 0 spiro atoms. The lowest BCUT2D eigenvalue weighted by atomic mass is 10.1. The molecule has 22 heavy (non-hydrogen) atoms. The SMILES string of the molecule is Cn1nc2c(c(C=NO)c1=O)N(Cc1ccccc1)CCO2. The van der Waals surface area contributed by atoms with E-state index in [-0.39, 0.29) is 11.1 Å². The smallest absolute Gasteiger partial charge is 0.277 e. The first-order valence-electron chi connectivity index (χ1n) is 6.91. The summed E-state index contributed by atoms with van der Waals surface area (Å²) in [6.45, 7) is 1.74. The van der Waals surface area contributed by atoms with Gasteiger partial charge in [-0.05, 0) is 5.56 Å². The van der Waals surface area contributed by atoms with Crippen LogP contribution in [0.2, 0.25) is 0 Å². The molecule has 3 rings (SSSR count). The molecule has 0 amide bonds. The Balaban J connectivity index is 2.08. The van der Waals surface area contributed by atoms with Crippen molar-refractivity contribution in [2.45, 2.75) is 6.54 Å². The highest BCUT2D eigenvalue weighted by Gasteiger charge is 2.26. The van der Waals surface area contributed by atoms with Crippen LogP contribution >= 0.6 is 0 Å². The van der Waals surface area contributed by atoms with Crippen LogP contribution in [0.25, 0.3) is 0 Å². The van der Waals surface area contributed by atoms with Gasteiger partial charge in [-0.2, -0.15) is 0 Å². The molecular weight excluding hydrogens is 284 g/mol. The standard InChI is InChI=1S/C15H16N4O3/c1-18-15(20)12(9-16-21)13-14(17-18)22-8-7-19(13)10-11-5-3-2-4-6-11/h2-6,9,21H,7-8,10H2,1H3. The number of aryl methyl sites for hydroxylation is 1. The summed E-state index contributed by atoms with van der Waals surface area (Å²) in [5, 5.41) is 16.0. The highest BCUT2D eigenvalue weighted by atomic mass is 16.5. The van der Waals surface area contributed by atoms with Crippen LogP contribution < -0.4 is 15.2 Å². The Morgan fingerprint density at radius 2 is 2.18 bits per heavy atom. The van der Waals surface area contributed by atoms with Crippen molar-refractivity contribution in [2.24, 2.45) is 12.2 Å². The first-order valence-corrected chi connectivity index (χ1v) is 6.91. The van der Waals surface area contributed by atoms with Gasteiger partial charge in [0, 0.05) is 13.6 Å². The third kappa shape index (κ3) is 2.52. The second kappa shape index (κ2) is 5.88. The van der Waals surface area contributed by atoms with Crippen LogP contribution in [0, 0.1) is 0 Å². The molecule has 0 saturated heterocycles. The van der Waals surface area contributed by atoms with Gasteiger partial charge in [0.05, 0.1) is 18.3 Å². The van der Waals surface area contributed by atoms with Crippen LogP contribution in [0.3, 0.4) is 0 Å². The number of oxime groups is 1. The maximum absolute atomic E-state index is 12.2. The number of rotatable bonds is 3. The summed E-state index contributed by atoms with van der Waals surface area (Å²) in [6, 6.07) is 9.93. The van der Waals surface area contributed by atoms with E-state index in [1.165, 1.54) is 11.7 Å². The van der Waals surface area contributed by atoms with Gasteiger partial charge in [-0.15, -0.1) is 5.10 Å². The van der Waals surface area contributed by atoms with Gasteiger partial charge in [0.25, 0.3) is 11.4 Å². The van der Waals surface area contributed by atoms with E-state index in [1.807, 2.05) is 35.2 Å². The predicted octanol–water partition coefficient (Wildman–Crippen LogP) is 0.987. The van der Waals surface area contributed by atoms with Crippen molar-refractivity contribution in [1.82, 2.24) is 9.78 Å². The van der Waals surface area contributed by atoms with Crippen LogP contribution in [-0.2, 0) is 13.6 Å². The maximum Gasteiger partial charge on any atom is 0.277 e. The van der Waals surface area contributed by atoms with Gasteiger partial charge in [-0.3, -0.25) is 4.79 Å². The minimum atomic E-state index is -0.333. The fourth-order valence-corrected chi connectivity index (χ4v) is 2.52. The molecule has 114 valence electrons. The minimum absolute atomic E-state index is 0.269. The molecule has 1 N–H and O–H groups in total. The molecule has 1 aromatic carbocycles. The Morgan fingerprint density at radius 1 is 1.41 bits per heavy atom. The number of aromatic nitrogens is 2. The molecular formula is C15H16N4O3. The first-order chi connectivity index (χ1) is 10.7. The van der Waals surface area contributed by atoms with Crippen molar-refractivity contribution in [3.63, 3.8) is 0 Å². The Kier molecular flexibility index (Phi) is 3.78. The van der Waals surface area contributed by atoms with Crippen LogP contribution in [0.4, 0.5) is 5.69 Å². The van der Waals surface area contributed by atoms with Crippen molar-refractivity contribution in [3.05, 3.63) is 51.8 Å². The highest BCUT2D eigenvalue weighted by Crippen LogP contribution is 2.31. The zero-order valence-corrected chi connectivity index (χ0v) is 12.1. The molecule has 2 heterocycles. The van der Waals surface area contributed by atoms with Crippen molar-refractivity contribution in [3.8, 4) is 5.88 Å². The number of fused-ring (bicyclic) bond motifs is 1. The summed E-state index contributed by atoms with van der Waals surface area (Å²) < 4.78 is 6.74. The van der Waals surface area contributed by atoms with E-state index in [4.69, 9.17) is 9.94 Å². The van der Waals surface area contributed by atoms with E-state index < -0.39 is 0 Å². The van der Waals surface area contributed by atoms with Gasteiger partial charge in [0.2, 0.25) is 0 Å². The molecule has 1 aliphatic heterocycles. The zero-order chi connectivity index (χ0) is 15.5. The summed E-state index contributed by atoms with van der Waals surface area (Å²) in [5.41, 5.74) is 1.62. The van der Waals surface area contributed by atoms with Gasteiger partial charge in [0.15, 0.2) is 0 Å². The molecule has 0 bridgehead atoms. The highest BCUT2D eigenvalue weighted by molar-refractivity contribution is 5.89. The molecule has 7 nitrogen and oxygen atoms in total. The summed E-state index contributed by atoms with van der Waals surface area (Å²) in [6.07, 6.45) is 1.13. The third-order valence-corrected chi connectivity index (χ3v) is 3.54. The minimum Gasteiger partial charge on any atom is -0.473 e. The van der Waals surface area contributed by atoms with E-state index in [0.717, 1.165) is 11.8 Å². The van der Waals surface area contributed by atoms with Gasteiger partial charge < -0.3 is 14.8 Å². The Morgan fingerprint density at radius 3 is 2.91 bits per heavy atom. The number of hydrogen-bond donors (Lipinski definition) is 1. The fourth-order valence-electron chi connectivity index (χ4n) is 2.52. The summed E-state index contributed by atoms with van der Waals surface area (Å²) in [5.74, 6) is 0.374. The largest absolute Gasteiger partial charge is 0.473 e. The van der Waals surface area contributed by atoms with E-state index in [1.54, 1.807) is 0 Å². The maximum atomic E-state index is 12.2. The quantitative estimate of drug-likeness (QED) is 0.519. The first kappa shape index (κ1) is 14.1. The topological polar surface area (TPSA) is 79.9 Å². The molecule has 1 aromatic heterocycles. The Hall–Kier alpha value is -2.83. The van der Waals surface area contributed by atoms with E-state index in [9.17, 15) is 4.79 Å². The van der Waals surface area contributed by atoms with Crippen LogP contribution in [0.1, 0.15) is 11.1 Å². The normalized spacial score (nSPS) is 14.0. The van der Waals surface area contributed by atoms with Gasteiger partial charge >= 0.3 is 0 Å². The Labute approximate surface area is 127 Å². The third-order valence-electron chi connectivity index (χ3n) is 3.54. The van der Waals surface area contributed by atoms with Crippen LogP contribution in [0.15, 0.2) is 40.3 Å². The summed E-state index contributed by atoms with van der Waals surface area (Å²) in [4.78, 5) is 14.3. The number of ether oxygens (including phenoxy) is 1.